The van der Waals surface area contributed by atoms with E-state index in [1.165, 1.54) is 5.56 Å². The molecule has 0 amide bonds. The zero-order valence-electron chi connectivity index (χ0n) is 13.2. The molecule has 1 unspecified atom stereocenters. The third-order valence-corrected chi connectivity index (χ3v) is 4.69. The maximum atomic E-state index is 10.9. The number of sulfonamides is 1. The van der Waals surface area contributed by atoms with E-state index in [0.29, 0.717) is 13.0 Å². The molecule has 5 N–H and O–H groups in total. The second-order valence-corrected chi connectivity index (χ2v) is 7.35. The SMILES string of the molecule is NS(=O)(=O)CCCNc1nonc1C(=NC1Cc2ccccc21)NO. The zero-order valence-corrected chi connectivity index (χ0v) is 14.0. The number of primary sulfonamides is 1. The highest BCUT2D eigenvalue weighted by Crippen LogP contribution is 2.36. The third-order valence-electron chi connectivity index (χ3n) is 3.83. The van der Waals surface area contributed by atoms with Crippen LogP contribution in [-0.4, -0.2) is 42.1 Å². The Bertz CT molecular complexity index is 879. The molecule has 11 heteroatoms. The van der Waals surface area contributed by atoms with Crippen molar-refractivity contribution in [2.75, 3.05) is 17.6 Å². The van der Waals surface area contributed by atoms with Crippen LogP contribution in [0.1, 0.15) is 29.3 Å². The van der Waals surface area contributed by atoms with Gasteiger partial charge < -0.3 is 5.32 Å². The van der Waals surface area contributed by atoms with E-state index in [9.17, 15) is 13.6 Å². The Kier molecular flexibility index (Phi) is 4.97. The molecule has 1 heterocycles. The monoisotopic (exact) mass is 366 g/mol. The maximum absolute atomic E-state index is 10.9. The second kappa shape index (κ2) is 7.17. The van der Waals surface area contributed by atoms with Gasteiger partial charge in [0.15, 0.2) is 11.5 Å². The van der Waals surface area contributed by atoms with Crippen LogP contribution in [0.25, 0.3) is 0 Å². The highest BCUT2D eigenvalue weighted by molar-refractivity contribution is 7.89. The van der Waals surface area contributed by atoms with Gasteiger partial charge in [0.05, 0.1) is 11.8 Å². The molecule has 0 bridgehead atoms. The Balaban J connectivity index is 1.68. The van der Waals surface area contributed by atoms with Crippen LogP contribution in [0.15, 0.2) is 33.9 Å². The van der Waals surface area contributed by atoms with Gasteiger partial charge in [0.1, 0.15) is 0 Å². The van der Waals surface area contributed by atoms with E-state index in [0.717, 1.165) is 12.0 Å². The lowest BCUT2D eigenvalue weighted by Gasteiger charge is -2.27. The lowest BCUT2D eigenvalue weighted by atomic mass is 9.84. The lowest BCUT2D eigenvalue weighted by molar-refractivity contribution is 0.232. The molecule has 3 rings (SSSR count). The summed E-state index contributed by atoms with van der Waals surface area (Å²) in [5.74, 6) is 0.218. The Labute approximate surface area is 144 Å². The summed E-state index contributed by atoms with van der Waals surface area (Å²) in [7, 11) is -3.51. The van der Waals surface area contributed by atoms with Crippen molar-refractivity contribution in [2.45, 2.75) is 18.9 Å². The Morgan fingerprint density at radius 3 is 2.92 bits per heavy atom. The van der Waals surface area contributed by atoms with E-state index in [1.807, 2.05) is 29.7 Å². The Morgan fingerprint density at radius 1 is 1.40 bits per heavy atom. The first-order valence-electron chi connectivity index (χ1n) is 7.61. The minimum atomic E-state index is -3.51. The van der Waals surface area contributed by atoms with Crippen molar-refractivity contribution < 1.29 is 18.3 Å². The molecule has 2 aromatic rings. The third kappa shape index (κ3) is 4.13. The first-order chi connectivity index (χ1) is 12.0. The smallest absolute Gasteiger partial charge is 0.209 e. The van der Waals surface area contributed by atoms with Crippen LogP contribution in [0.5, 0.6) is 0 Å². The van der Waals surface area contributed by atoms with E-state index < -0.39 is 10.0 Å². The molecule has 1 aromatic heterocycles. The molecule has 0 aliphatic heterocycles. The van der Waals surface area contributed by atoms with Crippen molar-refractivity contribution in [3.05, 3.63) is 41.1 Å². The minimum absolute atomic E-state index is 0.0854. The van der Waals surface area contributed by atoms with Crippen LogP contribution >= 0.6 is 0 Å². The van der Waals surface area contributed by atoms with E-state index >= 15 is 0 Å². The van der Waals surface area contributed by atoms with Gasteiger partial charge in [-0.15, -0.1) is 0 Å². The number of nitrogens with one attached hydrogen (secondary N) is 2. The number of hydrogen-bond acceptors (Lipinski definition) is 8. The second-order valence-electron chi connectivity index (χ2n) is 5.62. The molecular formula is C14H18N6O4S. The number of benzene rings is 1. The number of fused-ring (bicyclic) bond motifs is 1. The average molecular weight is 366 g/mol. The summed E-state index contributed by atoms with van der Waals surface area (Å²) in [6.07, 6.45) is 1.06. The van der Waals surface area contributed by atoms with Crippen LogP contribution in [0.2, 0.25) is 0 Å². The number of rotatable bonds is 7. The van der Waals surface area contributed by atoms with Gasteiger partial charge in [-0.1, -0.05) is 24.3 Å². The zero-order chi connectivity index (χ0) is 17.9. The van der Waals surface area contributed by atoms with E-state index in [1.54, 1.807) is 0 Å². The number of amidine groups is 1. The van der Waals surface area contributed by atoms with Gasteiger partial charge in [-0.2, -0.15) is 0 Å². The van der Waals surface area contributed by atoms with Gasteiger partial charge >= 0.3 is 0 Å². The normalized spacial score (nSPS) is 16.9. The van der Waals surface area contributed by atoms with Gasteiger partial charge in [-0.3, -0.25) is 15.7 Å². The molecule has 0 saturated carbocycles. The maximum Gasteiger partial charge on any atom is 0.209 e. The topological polar surface area (TPSA) is 156 Å². The first kappa shape index (κ1) is 17.3. The molecule has 1 aliphatic carbocycles. The number of aromatic nitrogens is 2. The standard InChI is InChI=1S/C14H18N6O4S/c15-25(22,23)7-3-6-16-13-12(19-24-20-13)14(18-21)17-11-8-9-4-1-2-5-10(9)11/h1-2,4-5,11,21H,3,6-8H2,(H,16,20)(H,17,18)(H2,15,22,23). The van der Waals surface area contributed by atoms with Crippen LogP contribution in [0, 0.1) is 0 Å². The molecule has 1 aromatic carbocycles. The molecule has 25 heavy (non-hydrogen) atoms. The lowest BCUT2D eigenvalue weighted by Crippen LogP contribution is -2.26. The van der Waals surface area contributed by atoms with Gasteiger partial charge in [-0.05, 0) is 34.3 Å². The summed E-state index contributed by atoms with van der Waals surface area (Å²) in [6.45, 7) is 0.294. The summed E-state index contributed by atoms with van der Waals surface area (Å²) in [4.78, 5) is 4.45. The van der Waals surface area contributed by atoms with Crippen molar-refractivity contribution >= 4 is 21.7 Å². The fraction of sp³-hybridized carbons (Fsp3) is 0.357. The fourth-order valence-corrected chi connectivity index (χ4v) is 3.13. The molecular weight excluding hydrogens is 348 g/mol. The molecule has 10 nitrogen and oxygen atoms in total. The molecule has 134 valence electrons. The molecule has 0 spiro atoms. The van der Waals surface area contributed by atoms with Gasteiger partial charge in [0, 0.05) is 6.54 Å². The number of aliphatic imine (C=N–C) groups is 1. The Hall–Kier alpha value is -2.50. The van der Waals surface area contributed by atoms with Crippen molar-refractivity contribution in [3.63, 3.8) is 0 Å². The largest absolute Gasteiger partial charge is 0.365 e. The van der Waals surface area contributed by atoms with Crippen LogP contribution in [0.4, 0.5) is 5.82 Å². The number of hydrogen-bond donors (Lipinski definition) is 4. The highest BCUT2D eigenvalue weighted by atomic mass is 32.2. The molecule has 0 saturated heterocycles. The predicted molar refractivity (Wildman–Crippen MR) is 89.7 cm³/mol. The molecule has 0 radical (unpaired) electrons. The van der Waals surface area contributed by atoms with Crippen LogP contribution < -0.4 is 15.9 Å². The van der Waals surface area contributed by atoms with Crippen LogP contribution in [-0.2, 0) is 16.4 Å². The fourth-order valence-electron chi connectivity index (χ4n) is 2.59. The summed E-state index contributed by atoms with van der Waals surface area (Å²) in [5.41, 5.74) is 4.54. The van der Waals surface area contributed by atoms with Crippen molar-refractivity contribution in [2.24, 2.45) is 10.1 Å². The van der Waals surface area contributed by atoms with E-state index in [-0.39, 0.29) is 29.1 Å². The number of anilines is 1. The van der Waals surface area contributed by atoms with E-state index in [4.69, 9.17) is 9.77 Å². The molecule has 1 aliphatic rings. The Morgan fingerprint density at radius 2 is 2.20 bits per heavy atom. The average Bonchev–Trinajstić information content (AvgIpc) is 3.00. The van der Waals surface area contributed by atoms with Crippen LogP contribution in [0.3, 0.4) is 0 Å². The van der Waals surface area contributed by atoms with Crippen molar-refractivity contribution in [1.29, 1.82) is 0 Å². The molecule has 0 fully saturated rings. The van der Waals surface area contributed by atoms with Gasteiger partial charge in [-0.25, -0.2) is 18.2 Å². The molecule has 1 atom stereocenters. The predicted octanol–water partition coefficient (Wildman–Crippen LogP) is 0.183. The summed E-state index contributed by atoms with van der Waals surface area (Å²) < 4.78 is 26.5. The van der Waals surface area contributed by atoms with E-state index in [2.05, 4.69) is 20.6 Å². The summed E-state index contributed by atoms with van der Waals surface area (Å²) in [5, 5.41) is 24.7. The summed E-state index contributed by atoms with van der Waals surface area (Å²) in [6, 6.07) is 7.83. The van der Waals surface area contributed by atoms with Gasteiger partial charge in [0.2, 0.25) is 15.8 Å². The minimum Gasteiger partial charge on any atom is -0.365 e. The first-order valence-corrected chi connectivity index (χ1v) is 9.32. The van der Waals surface area contributed by atoms with Crippen molar-refractivity contribution in [3.8, 4) is 0 Å². The number of hydroxylamine groups is 1. The van der Waals surface area contributed by atoms with Gasteiger partial charge in [0.25, 0.3) is 0 Å². The highest BCUT2D eigenvalue weighted by Gasteiger charge is 2.27. The van der Waals surface area contributed by atoms with Crippen molar-refractivity contribution in [1.82, 2.24) is 15.8 Å². The quantitative estimate of drug-likeness (QED) is 0.234. The number of nitrogens with zero attached hydrogens (tertiary/aromatic N) is 3. The number of nitrogens with two attached hydrogens (primary N) is 1. The summed E-state index contributed by atoms with van der Waals surface area (Å²) >= 11 is 0.